The zero-order chi connectivity index (χ0) is 23.8. The zero-order valence-electron chi connectivity index (χ0n) is 19.8. The van der Waals surface area contributed by atoms with Crippen LogP contribution in [0.25, 0.3) is 0 Å². The summed E-state index contributed by atoms with van der Waals surface area (Å²) in [5, 5.41) is 15.3. The fourth-order valence-corrected chi connectivity index (χ4v) is 5.42. The monoisotopic (exact) mass is 450 g/mol. The van der Waals surface area contributed by atoms with E-state index in [0.29, 0.717) is 17.8 Å². The Hall–Kier alpha value is -2.72. The summed E-state index contributed by atoms with van der Waals surface area (Å²) in [6.07, 6.45) is -2.08. The van der Waals surface area contributed by atoms with Gasteiger partial charge in [0.05, 0.1) is 10.9 Å². The molecule has 3 rings (SSSR count). The maximum atomic E-state index is 8.44. The summed E-state index contributed by atoms with van der Waals surface area (Å²) in [6, 6.07) is 27.7. The lowest BCUT2D eigenvalue weighted by atomic mass is 10.0. The molecule has 0 bridgehead atoms. The minimum Gasteiger partial charge on any atom is -0.565 e. The Morgan fingerprint density at radius 1 is 0.594 bits per heavy atom. The van der Waals surface area contributed by atoms with E-state index >= 15 is 0 Å². The first-order chi connectivity index (χ1) is 15.1. The molecule has 0 aliphatic carbocycles. The molecule has 0 unspecified atom stereocenters. The summed E-state index contributed by atoms with van der Waals surface area (Å²) in [6.45, 7) is 13.5. The third kappa shape index (κ3) is 7.16. The van der Waals surface area contributed by atoms with Crippen LogP contribution in [-0.4, -0.2) is 11.3 Å². The van der Waals surface area contributed by atoms with Crippen molar-refractivity contribution in [3.63, 3.8) is 0 Å². The second-order valence-corrected chi connectivity index (χ2v) is 10.8. The van der Waals surface area contributed by atoms with Crippen molar-refractivity contribution in [3.8, 4) is 0 Å². The largest absolute Gasteiger partial charge is 0.565 e. The Labute approximate surface area is 195 Å². The van der Waals surface area contributed by atoms with Crippen molar-refractivity contribution in [1.82, 2.24) is 0 Å². The summed E-state index contributed by atoms with van der Waals surface area (Å²) in [5.74, 6) is 1.68. The number of carboxylic acid groups (broad SMARTS) is 2. The van der Waals surface area contributed by atoms with Crippen LogP contribution in [-0.2, 0) is 10.9 Å². The van der Waals surface area contributed by atoms with Gasteiger partial charge in [-0.05, 0) is 70.8 Å². The first-order valence-electron chi connectivity index (χ1n) is 11.0. The lowest BCUT2D eigenvalue weighted by Crippen LogP contribution is -2.17. The van der Waals surface area contributed by atoms with Gasteiger partial charge in [-0.2, -0.15) is 0 Å². The lowest BCUT2D eigenvalue weighted by molar-refractivity contribution is -0.275. The molecule has 4 heteroatoms. The Morgan fingerprint density at radius 2 is 0.781 bits per heavy atom. The maximum Gasteiger partial charge on any atom is 0.249 e. The van der Waals surface area contributed by atoms with Crippen molar-refractivity contribution in [2.45, 2.75) is 74.0 Å². The van der Waals surface area contributed by atoms with Gasteiger partial charge in [-0.3, -0.25) is 0 Å². The topological polar surface area (TPSA) is 60.4 Å². The Morgan fingerprint density at radius 3 is 0.938 bits per heavy atom. The molecule has 0 saturated carbocycles. The second kappa shape index (κ2) is 11.8. The lowest BCUT2D eigenvalue weighted by Gasteiger charge is -2.12. The summed E-state index contributed by atoms with van der Waals surface area (Å²) in [4.78, 5) is 12.6. The quantitative estimate of drug-likeness (QED) is 0.410. The average Bonchev–Trinajstić information content (AvgIpc) is 2.74. The molecule has 3 nitrogen and oxygen atoms in total. The van der Waals surface area contributed by atoms with Gasteiger partial charge in [0.1, 0.15) is 0 Å². The van der Waals surface area contributed by atoms with E-state index in [0.717, 1.165) is 0 Å². The van der Waals surface area contributed by atoms with E-state index < -0.39 is 6.16 Å². The van der Waals surface area contributed by atoms with Crippen LogP contribution in [0.5, 0.6) is 0 Å². The average molecular weight is 451 g/mol. The number of hydrogen-bond acceptors (Lipinski definition) is 2. The van der Waals surface area contributed by atoms with Gasteiger partial charge in [-0.1, -0.05) is 77.9 Å². The molecular formula is C28H34O3S. The first kappa shape index (κ1) is 25.5. The van der Waals surface area contributed by atoms with Gasteiger partial charge in [-0.25, -0.2) is 0 Å². The summed E-state index contributed by atoms with van der Waals surface area (Å²) < 4.78 is 0. The Bertz CT molecular complexity index is 846. The number of benzene rings is 3. The van der Waals surface area contributed by atoms with E-state index in [-0.39, 0.29) is 10.9 Å². The van der Waals surface area contributed by atoms with Gasteiger partial charge < -0.3 is 15.0 Å². The van der Waals surface area contributed by atoms with Gasteiger partial charge in [0.15, 0.2) is 14.7 Å². The Kier molecular flexibility index (Phi) is 9.40. The number of carbonyl (C=O) groups is 1. The van der Waals surface area contributed by atoms with Crippen molar-refractivity contribution in [2.75, 3.05) is 0 Å². The highest BCUT2D eigenvalue weighted by molar-refractivity contribution is 7.97. The first-order valence-corrected chi connectivity index (χ1v) is 12.3. The van der Waals surface area contributed by atoms with Crippen LogP contribution >= 0.6 is 0 Å². The highest BCUT2D eigenvalue weighted by Crippen LogP contribution is 2.33. The van der Waals surface area contributed by atoms with Crippen molar-refractivity contribution in [3.05, 3.63) is 89.5 Å². The summed E-state index contributed by atoms with van der Waals surface area (Å²) in [5.41, 5.74) is 4.20. The van der Waals surface area contributed by atoms with Crippen LogP contribution in [0.1, 0.15) is 76.0 Å². The van der Waals surface area contributed by atoms with Gasteiger partial charge in [0.2, 0.25) is 6.16 Å². The highest BCUT2D eigenvalue weighted by Gasteiger charge is 2.29. The van der Waals surface area contributed by atoms with Crippen molar-refractivity contribution in [1.29, 1.82) is 0 Å². The summed E-state index contributed by atoms with van der Waals surface area (Å²) in [7, 11) is -0.0791. The molecule has 170 valence electrons. The molecule has 3 aromatic carbocycles. The van der Waals surface area contributed by atoms with E-state index in [1.165, 1.54) is 31.4 Å². The summed E-state index contributed by atoms with van der Waals surface area (Å²) >= 11 is 0. The molecule has 0 heterocycles. The van der Waals surface area contributed by atoms with Crippen LogP contribution in [0.3, 0.4) is 0 Å². The molecule has 0 saturated heterocycles. The molecule has 32 heavy (non-hydrogen) atoms. The number of hydrogen-bond donors (Lipinski definition) is 1. The number of rotatable bonds is 6. The van der Waals surface area contributed by atoms with Crippen LogP contribution in [0.2, 0.25) is 0 Å². The van der Waals surface area contributed by atoms with Crippen molar-refractivity contribution >= 4 is 17.1 Å². The third-order valence-electron chi connectivity index (χ3n) is 5.35. The molecule has 0 radical (unpaired) electrons. The van der Waals surface area contributed by atoms with Crippen LogP contribution < -0.4 is 5.11 Å². The Balaban J connectivity index is 0.000000837. The van der Waals surface area contributed by atoms with Gasteiger partial charge in [0, 0.05) is 0 Å². The fraction of sp³-hybridized carbons (Fsp3) is 0.321. The van der Waals surface area contributed by atoms with E-state index in [1.807, 2.05) is 0 Å². The molecular weight excluding hydrogens is 416 g/mol. The van der Waals surface area contributed by atoms with Gasteiger partial charge in [-0.15, -0.1) is 0 Å². The van der Waals surface area contributed by atoms with Crippen LogP contribution in [0.15, 0.2) is 87.5 Å². The normalized spacial score (nSPS) is 11.1. The van der Waals surface area contributed by atoms with E-state index in [1.54, 1.807) is 0 Å². The molecule has 0 atom stereocenters. The van der Waals surface area contributed by atoms with Crippen molar-refractivity contribution < 1.29 is 15.0 Å². The molecule has 0 aromatic heterocycles. The molecule has 1 N–H and O–H groups in total. The predicted octanol–water partition coefficient (Wildman–Crippen LogP) is 7.04. The molecule has 0 amide bonds. The van der Waals surface area contributed by atoms with E-state index in [9.17, 15) is 0 Å². The smallest absolute Gasteiger partial charge is 0.249 e. The molecule has 0 aliphatic heterocycles. The minimum absolute atomic E-state index is 0.0791. The zero-order valence-corrected chi connectivity index (χ0v) is 20.6. The molecule has 0 aliphatic rings. The van der Waals surface area contributed by atoms with E-state index in [2.05, 4.69) is 114 Å². The standard InChI is InChI=1S/C27H33S.CH2O3/c1-19(2)22-7-13-25(14-8-22)28(26-15-9-23(10-16-26)20(3)4)27-17-11-24(12-18-27)21(5)6;2-1(3)4/h7-21H,1-6H3;(H2,2,3,4)/q+1;/p-1. The SMILES string of the molecule is CC(C)c1ccc([S+](c2ccc(C(C)C)cc2)c2ccc(C(C)C)cc2)cc1.O=C([O-])O. The molecule has 3 aromatic rings. The second-order valence-electron chi connectivity index (χ2n) is 8.74. The van der Waals surface area contributed by atoms with Gasteiger partial charge in [0.25, 0.3) is 0 Å². The molecule has 0 fully saturated rings. The highest BCUT2D eigenvalue weighted by atomic mass is 32.2. The van der Waals surface area contributed by atoms with Gasteiger partial charge >= 0.3 is 0 Å². The van der Waals surface area contributed by atoms with Crippen LogP contribution in [0, 0.1) is 0 Å². The third-order valence-corrected chi connectivity index (χ3v) is 7.58. The predicted molar refractivity (Wildman–Crippen MR) is 132 cm³/mol. The van der Waals surface area contributed by atoms with Crippen molar-refractivity contribution in [2.24, 2.45) is 0 Å². The van der Waals surface area contributed by atoms with Crippen LogP contribution in [0.4, 0.5) is 4.79 Å². The van der Waals surface area contributed by atoms with E-state index in [4.69, 9.17) is 15.0 Å². The maximum absolute atomic E-state index is 8.44. The fourth-order valence-electron chi connectivity index (χ4n) is 3.37. The molecule has 0 spiro atoms. The minimum atomic E-state index is -2.08.